The number of nitrogens with zero attached hydrogens (tertiary/aromatic N) is 1. The first-order chi connectivity index (χ1) is 7.54. The summed E-state index contributed by atoms with van der Waals surface area (Å²) in [4.78, 5) is 3.78. The molecule has 84 valence electrons. The van der Waals surface area contributed by atoms with E-state index in [1.807, 2.05) is 0 Å². The molecule has 0 spiro atoms. The molecular weight excluding hydrogens is 230 g/mol. The maximum Gasteiger partial charge on any atom is 0.296 e. The fraction of sp³-hybridized carbons (Fsp3) is 0. The third-order valence-corrected chi connectivity index (χ3v) is 2.38. The van der Waals surface area contributed by atoms with Crippen molar-refractivity contribution in [3.05, 3.63) is 36.9 Å². The minimum atomic E-state index is -3.73. The SMILES string of the molecule is NS(=O)(=O)Nc1ccc(-c2cnco2)cc1. The van der Waals surface area contributed by atoms with Crippen LogP contribution in [0.2, 0.25) is 0 Å². The minimum absolute atomic E-state index is 0.394. The van der Waals surface area contributed by atoms with E-state index in [4.69, 9.17) is 9.56 Å². The monoisotopic (exact) mass is 239 g/mol. The number of hydrogen-bond acceptors (Lipinski definition) is 4. The molecule has 2 aromatic rings. The molecule has 6 nitrogen and oxygen atoms in total. The highest BCUT2D eigenvalue weighted by Crippen LogP contribution is 2.20. The lowest BCUT2D eigenvalue weighted by Crippen LogP contribution is -2.21. The Hall–Kier alpha value is -1.86. The van der Waals surface area contributed by atoms with Crippen LogP contribution >= 0.6 is 0 Å². The molecule has 7 heteroatoms. The van der Waals surface area contributed by atoms with E-state index in [1.165, 1.54) is 6.39 Å². The summed E-state index contributed by atoms with van der Waals surface area (Å²) in [5.74, 6) is 0.613. The van der Waals surface area contributed by atoms with Crippen molar-refractivity contribution in [1.82, 2.24) is 4.98 Å². The predicted octanol–water partition coefficient (Wildman–Crippen LogP) is 0.957. The zero-order valence-corrected chi connectivity index (χ0v) is 8.94. The molecule has 0 aliphatic carbocycles. The van der Waals surface area contributed by atoms with Gasteiger partial charge in [0.15, 0.2) is 12.2 Å². The number of anilines is 1. The fourth-order valence-corrected chi connectivity index (χ4v) is 1.69. The first-order valence-electron chi connectivity index (χ1n) is 4.34. The number of nitrogens with one attached hydrogen (secondary N) is 1. The molecule has 3 N–H and O–H groups in total. The zero-order chi connectivity index (χ0) is 11.6. The van der Waals surface area contributed by atoms with E-state index in [-0.39, 0.29) is 0 Å². The van der Waals surface area contributed by atoms with Gasteiger partial charge in [0.1, 0.15) is 0 Å². The van der Waals surface area contributed by atoms with Gasteiger partial charge >= 0.3 is 0 Å². The minimum Gasteiger partial charge on any atom is -0.444 e. The van der Waals surface area contributed by atoms with Gasteiger partial charge < -0.3 is 4.42 Å². The van der Waals surface area contributed by atoms with Crippen LogP contribution in [-0.2, 0) is 10.2 Å². The summed E-state index contributed by atoms with van der Waals surface area (Å²) in [7, 11) is -3.73. The molecule has 1 heterocycles. The van der Waals surface area contributed by atoms with Crippen LogP contribution in [-0.4, -0.2) is 13.4 Å². The van der Waals surface area contributed by atoms with Crippen molar-refractivity contribution in [2.24, 2.45) is 5.14 Å². The number of rotatable bonds is 3. The van der Waals surface area contributed by atoms with Crippen LogP contribution in [0.5, 0.6) is 0 Å². The van der Waals surface area contributed by atoms with E-state index < -0.39 is 10.2 Å². The Morgan fingerprint density at radius 3 is 2.44 bits per heavy atom. The summed E-state index contributed by atoms with van der Waals surface area (Å²) < 4.78 is 28.7. The third-order valence-electron chi connectivity index (χ3n) is 1.86. The van der Waals surface area contributed by atoms with Crippen LogP contribution in [0.15, 0.2) is 41.3 Å². The molecule has 0 saturated heterocycles. The molecule has 0 radical (unpaired) electrons. The lowest BCUT2D eigenvalue weighted by atomic mass is 10.2. The van der Waals surface area contributed by atoms with Gasteiger partial charge in [0.25, 0.3) is 10.2 Å². The van der Waals surface area contributed by atoms with E-state index in [1.54, 1.807) is 30.5 Å². The van der Waals surface area contributed by atoms with Gasteiger partial charge in [0.2, 0.25) is 0 Å². The van der Waals surface area contributed by atoms with E-state index in [2.05, 4.69) is 9.71 Å². The van der Waals surface area contributed by atoms with Crippen molar-refractivity contribution in [2.45, 2.75) is 0 Å². The Kier molecular flexibility index (Phi) is 2.63. The second-order valence-electron chi connectivity index (χ2n) is 3.09. The zero-order valence-electron chi connectivity index (χ0n) is 8.12. The van der Waals surface area contributed by atoms with Crippen molar-refractivity contribution in [3.63, 3.8) is 0 Å². The van der Waals surface area contributed by atoms with Crippen molar-refractivity contribution in [2.75, 3.05) is 4.72 Å². The molecule has 1 aromatic heterocycles. The van der Waals surface area contributed by atoms with Crippen molar-refractivity contribution < 1.29 is 12.8 Å². The molecule has 0 amide bonds. The summed E-state index contributed by atoms with van der Waals surface area (Å²) in [6.45, 7) is 0. The molecule has 1 aromatic carbocycles. The standard InChI is InChI=1S/C9H9N3O3S/c10-16(13,14)12-8-3-1-7(2-4-8)9-5-11-6-15-9/h1-6,12H,(H2,10,13,14). The highest BCUT2D eigenvalue weighted by atomic mass is 32.2. The van der Waals surface area contributed by atoms with Crippen LogP contribution < -0.4 is 9.86 Å². The molecule has 0 saturated carbocycles. The maximum absolute atomic E-state index is 10.8. The van der Waals surface area contributed by atoms with Gasteiger partial charge in [-0.15, -0.1) is 0 Å². The number of oxazole rings is 1. The molecule has 0 atom stereocenters. The van der Waals surface area contributed by atoms with Crippen molar-refractivity contribution >= 4 is 15.9 Å². The van der Waals surface area contributed by atoms with Gasteiger partial charge in [0.05, 0.1) is 6.20 Å². The Balaban J connectivity index is 2.24. The molecule has 0 aliphatic heterocycles. The Labute approximate surface area is 92.3 Å². The third kappa shape index (κ3) is 2.59. The Morgan fingerprint density at radius 2 is 1.94 bits per heavy atom. The quantitative estimate of drug-likeness (QED) is 0.833. The number of benzene rings is 1. The van der Waals surface area contributed by atoms with E-state index in [9.17, 15) is 8.42 Å². The molecule has 0 unspecified atom stereocenters. The smallest absolute Gasteiger partial charge is 0.296 e. The lowest BCUT2D eigenvalue weighted by molar-refractivity contribution is 0.572. The van der Waals surface area contributed by atoms with E-state index in [0.717, 1.165) is 5.56 Å². The largest absolute Gasteiger partial charge is 0.444 e. The average Bonchev–Trinajstić information content (AvgIpc) is 2.69. The number of aromatic nitrogens is 1. The van der Waals surface area contributed by atoms with Gasteiger partial charge in [-0.2, -0.15) is 8.42 Å². The van der Waals surface area contributed by atoms with Gasteiger partial charge in [-0.3, -0.25) is 4.72 Å². The second kappa shape index (κ2) is 3.95. The second-order valence-corrected chi connectivity index (χ2v) is 4.38. The molecule has 0 bridgehead atoms. The summed E-state index contributed by atoms with van der Waals surface area (Å²) >= 11 is 0. The molecule has 0 aliphatic rings. The van der Waals surface area contributed by atoms with Gasteiger partial charge in [-0.1, -0.05) is 0 Å². The van der Waals surface area contributed by atoms with E-state index in [0.29, 0.717) is 11.4 Å². The number of hydrogen-bond donors (Lipinski definition) is 2. The molecular formula is C9H9N3O3S. The van der Waals surface area contributed by atoms with E-state index >= 15 is 0 Å². The normalized spacial score (nSPS) is 11.3. The fourth-order valence-electron chi connectivity index (χ4n) is 1.23. The summed E-state index contributed by atoms with van der Waals surface area (Å²) in [5.41, 5.74) is 1.20. The van der Waals surface area contributed by atoms with Crippen LogP contribution in [0.25, 0.3) is 11.3 Å². The predicted molar refractivity (Wildman–Crippen MR) is 58.7 cm³/mol. The van der Waals surface area contributed by atoms with Gasteiger partial charge in [-0.05, 0) is 24.3 Å². The highest BCUT2D eigenvalue weighted by Gasteiger charge is 2.04. The van der Waals surface area contributed by atoms with Crippen LogP contribution in [0.1, 0.15) is 0 Å². The average molecular weight is 239 g/mol. The van der Waals surface area contributed by atoms with Crippen molar-refractivity contribution in [3.8, 4) is 11.3 Å². The van der Waals surface area contributed by atoms with Gasteiger partial charge in [0, 0.05) is 11.3 Å². The molecule has 16 heavy (non-hydrogen) atoms. The van der Waals surface area contributed by atoms with Crippen LogP contribution in [0.4, 0.5) is 5.69 Å². The number of nitrogens with two attached hydrogens (primary N) is 1. The Bertz CT molecular complexity index is 561. The van der Waals surface area contributed by atoms with Gasteiger partial charge in [-0.25, -0.2) is 10.1 Å². The van der Waals surface area contributed by atoms with Crippen LogP contribution in [0, 0.1) is 0 Å². The summed E-state index contributed by atoms with van der Waals surface area (Å²) in [6.07, 6.45) is 2.90. The topological polar surface area (TPSA) is 98.2 Å². The Morgan fingerprint density at radius 1 is 1.25 bits per heavy atom. The summed E-state index contributed by atoms with van der Waals surface area (Å²) in [5, 5.41) is 4.83. The summed E-state index contributed by atoms with van der Waals surface area (Å²) in [6, 6.07) is 6.58. The first-order valence-corrected chi connectivity index (χ1v) is 5.89. The molecule has 0 fully saturated rings. The lowest BCUT2D eigenvalue weighted by Gasteiger charge is -2.03. The maximum atomic E-state index is 10.8. The first kappa shape index (κ1) is 10.7. The van der Waals surface area contributed by atoms with Crippen LogP contribution in [0.3, 0.4) is 0 Å². The highest BCUT2D eigenvalue weighted by molar-refractivity contribution is 7.90. The van der Waals surface area contributed by atoms with Crippen molar-refractivity contribution in [1.29, 1.82) is 0 Å². The molecule has 2 rings (SSSR count).